The summed E-state index contributed by atoms with van der Waals surface area (Å²) in [4.78, 5) is 0.361. The molecule has 2 rings (SSSR count). The summed E-state index contributed by atoms with van der Waals surface area (Å²) in [7, 11) is -1.67. The van der Waals surface area contributed by atoms with Crippen molar-refractivity contribution < 1.29 is 8.42 Å². The molecule has 1 aliphatic heterocycles. The number of hydrogen-bond acceptors (Lipinski definition) is 3. The zero-order valence-electron chi connectivity index (χ0n) is 8.96. The number of hydrogen-bond donors (Lipinski definition) is 1. The third-order valence-corrected chi connectivity index (χ3v) is 4.62. The Kier molecular flexibility index (Phi) is 4.32. The summed E-state index contributed by atoms with van der Waals surface area (Å²) in [6, 6.07) is 8.62. The smallest absolute Gasteiger partial charge is 0.243 e. The van der Waals surface area contributed by atoms with Gasteiger partial charge in [0.1, 0.15) is 0 Å². The minimum atomic E-state index is -3.31. The molecule has 0 atom stereocenters. The van der Waals surface area contributed by atoms with E-state index in [1.54, 1.807) is 31.3 Å². The third-order valence-electron chi connectivity index (χ3n) is 2.69. The Labute approximate surface area is 102 Å². The second-order valence-corrected chi connectivity index (χ2v) is 5.64. The van der Waals surface area contributed by atoms with E-state index in [0.717, 1.165) is 13.1 Å². The van der Waals surface area contributed by atoms with Crippen molar-refractivity contribution in [3.8, 4) is 0 Å². The van der Waals surface area contributed by atoms with Crippen LogP contribution in [0.4, 0.5) is 0 Å². The van der Waals surface area contributed by atoms with Crippen LogP contribution in [0.15, 0.2) is 35.2 Å². The van der Waals surface area contributed by atoms with E-state index in [4.69, 9.17) is 0 Å². The maximum Gasteiger partial charge on any atom is 0.243 e. The van der Waals surface area contributed by atoms with Gasteiger partial charge in [-0.1, -0.05) is 18.2 Å². The van der Waals surface area contributed by atoms with Crippen LogP contribution < -0.4 is 5.32 Å². The largest absolute Gasteiger partial charge is 0.313 e. The average molecular weight is 263 g/mol. The van der Waals surface area contributed by atoms with E-state index in [9.17, 15) is 8.42 Å². The summed E-state index contributed by atoms with van der Waals surface area (Å²) in [5.41, 5.74) is 0. The van der Waals surface area contributed by atoms with Gasteiger partial charge in [-0.3, -0.25) is 0 Å². The van der Waals surface area contributed by atoms with Gasteiger partial charge in [-0.25, -0.2) is 8.42 Å². The zero-order chi connectivity index (χ0) is 10.9. The Bertz CT molecular complexity index is 431. The fraction of sp³-hybridized carbons (Fsp3) is 0.400. The van der Waals surface area contributed by atoms with Gasteiger partial charge in [-0.15, -0.1) is 12.4 Å². The molecule has 1 fully saturated rings. The van der Waals surface area contributed by atoms with Crippen LogP contribution in [-0.4, -0.2) is 38.9 Å². The first kappa shape index (κ1) is 13.4. The average Bonchev–Trinajstić information content (AvgIpc) is 2.16. The van der Waals surface area contributed by atoms with Gasteiger partial charge in [0.25, 0.3) is 0 Å². The molecule has 1 aromatic carbocycles. The maximum atomic E-state index is 12.1. The summed E-state index contributed by atoms with van der Waals surface area (Å²) in [5, 5.41) is 3.06. The van der Waals surface area contributed by atoms with E-state index in [2.05, 4.69) is 5.32 Å². The first-order chi connectivity index (χ1) is 7.12. The standard InChI is InChI=1S/C10H14N2O2S.ClH/c1-12(9-7-11-8-9)15(13,14)10-5-3-2-4-6-10;/h2-6,9,11H,7-8H2,1H3;1H. The zero-order valence-corrected chi connectivity index (χ0v) is 10.6. The lowest BCUT2D eigenvalue weighted by Crippen LogP contribution is -2.57. The predicted molar refractivity (Wildman–Crippen MR) is 65.3 cm³/mol. The van der Waals surface area contributed by atoms with Crippen LogP contribution in [0.2, 0.25) is 0 Å². The molecule has 0 amide bonds. The van der Waals surface area contributed by atoms with Crippen molar-refractivity contribution in [2.24, 2.45) is 0 Å². The minimum Gasteiger partial charge on any atom is -0.313 e. The highest BCUT2D eigenvalue weighted by Crippen LogP contribution is 2.17. The van der Waals surface area contributed by atoms with Gasteiger partial charge in [0.2, 0.25) is 10.0 Å². The van der Waals surface area contributed by atoms with Crippen molar-refractivity contribution in [2.45, 2.75) is 10.9 Å². The van der Waals surface area contributed by atoms with Crippen molar-refractivity contribution in [2.75, 3.05) is 20.1 Å². The highest BCUT2D eigenvalue weighted by atomic mass is 35.5. The van der Waals surface area contributed by atoms with Crippen molar-refractivity contribution in [1.29, 1.82) is 0 Å². The lowest BCUT2D eigenvalue weighted by Gasteiger charge is -2.34. The third kappa shape index (κ3) is 2.38. The molecule has 0 aliphatic carbocycles. The Morgan fingerprint density at radius 3 is 2.25 bits per heavy atom. The van der Waals surface area contributed by atoms with Crippen LogP contribution in [0.3, 0.4) is 0 Å². The molecule has 1 heterocycles. The molecule has 1 aromatic rings. The highest BCUT2D eigenvalue weighted by Gasteiger charge is 2.31. The van der Waals surface area contributed by atoms with Crippen LogP contribution in [0.1, 0.15) is 0 Å². The van der Waals surface area contributed by atoms with Gasteiger partial charge in [0.15, 0.2) is 0 Å². The lowest BCUT2D eigenvalue weighted by molar-refractivity contribution is 0.274. The number of likely N-dealkylation sites (N-methyl/N-ethyl adjacent to an activating group) is 1. The van der Waals surface area contributed by atoms with Crippen molar-refractivity contribution in [3.63, 3.8) is 0 Å². The molecule has 6 heteroatoms. The van der Waals surface area contributed by atoms with E-state index in [-0.39, 0.29) is 18.4 Å². The summed E-state index contributed by atoms with van der Waals surface area (Å²) in [5.74, 6) is 0. The SMILES string of the molecule is CN(C1CNC1)S(=O)(=O)c1ccccc1.Cl. The Morgan fingerprint density at radius 1 is 1.25 bits per heavy atom. The number of rotatable bonds is 3. The van der Waals surface area contributed by atoms with Crippen LogP contribution >= 0.6 is 12.4 Å². The van der Waals surface area contributed by atoms with E-state index >= 15 is 0 Å². The molecule has 1 aliphatic rings. The summed E-state index contributed by atoms with van der Waals surface area (Å²) >= 11 is 0. The maximum absolute atomic E-state index is 12.1. The van der Waals surface area contributed by atoms with Gasteiger partial charge >= 0.3 is 0 Å². The molecule has 0 saturated carbocycles. The monoisotopic (exact) mass is 262 g/mol. The van der Waals surface area contributed by atoms with E-state index in [0.29, 0.717) is 4.90 Å². The quantitative estimate of drug-likeness (QED) is 0.873. The van der Waals surface area contributed by atoms with Gasteiger partial charge < -0.3 is 5.32 Å². The first-order valence-corrected chi connectivity index (χ1v) is 6.30. The minimum absolute atomic E-state index is 0. The number of benzene rings is 1. The molecular weight excluding hydrogens is 248 g/mol. The molecular formula is C10H15ClN2O2S. The second-order valence-electron chi connectivity index (χ2n) is 3.65. The Balaban J connectivity index is 0.00000128. The molecule has 0 aromatic heterocycles. The van der Waals surface area contributed by atoms with E-state index in [1.165, 1.54) is 4.31 Å². The summed E-state index contributed by atoms with van der Waals surface area (Å²) in [6.45, 7) is 1.48. The molecule has 0 unspecified atom stereocenters. The molecule has 90 valence electrons. The van der Waals surface area contributed by atoms with Crippen LogP contribution in [0.25, 0.3) is 0 Å². The number of nitrogens with one attached hydrogen (secondary N) is 1. The number of sulfonamides is 1. The Morgan fingerprint density at radius 2 is 1.81 bits per heavy atom. The van der Waals surface area contributed by atoms with Crippen LogP contribution in [0.5, 0.6) is 0 Å². The number of halogens is 1. The van der Waals surface area contributed by atoms with Gasteiger partial charge in [0, 0.05) is 26.2 Å². The molecule has 1 N–H and O–H groups in total. The normalized spacial score (nSPS) is 16.6. The van der Waals surface area contributed by atoms with Crippen LogP contribution in [0, 0.1) is 0 Å². The van der Waals surface area contributed by atoms with Crippen molar-refractivity contribution in [3.05, 3.63) is 30.3 Å². The van der Waals surface area contributed by atoms with E-state index < -0.39 is 10.0 Å². The van der Waals surface area contributed by atoms with Crippen LogP contribution in [-0.2, 0) is 10.0 Å². The molecule has 4 nitrogen and oxygen atoms in total. The molecule has 1 saturated heterocycles. The molecule has 0 radical (unpaired) electrons. The predicted octanol–water partition coefficient (Wildman–Crippen LogP) is 0.701. The summed E-state index contributed by atoms with van der Waals surface area (Å²) in [6.07, 6.45) is 0. The van der Waals surface area contributed by atoms with Gasteiger partial charge in [0.05, 0.1) is 4.90 Å². The molecule has 0 bridgehead atoms. The lowest BCUT2D eigenvalue weighted by atomic mass is 10.2. The second kappa shape index (κ2) is 5.14. The fourth-order valence-electron chi connectivity index (χ4n) is 1.49. The first-order valence-electron chi connectivity index (χ1n) is 4.86. The van der Waals surface area contributed by atoms with Gasteiger partial charge in [-0.05, 0) is 12.1 Å². The summed E-state index contributed by atoms with van der Waals surface area (Å²) < 4.78 is 25.6. The topological polar surface area (TPSA) is 49.4 Å². The molecule has 16 heavy (non-hydrogen) atoms. The van der Waals surface area contributed by atoms with E-state index in [1.807, 2.05) is 6.07 Å². The Hall–Kier alpha value is -0.620. The molecule has 0 spiro atoms. The van der Waals surface area contributed by atoms with Crippen molar-refractivity contribution in [1.82, 2.24) is 9.62 Å². The fourth-order valence-corrected chi connectivity index (χ4v) is 2.86. The van der Waals surface area contributed by atoms with Gasteiger partial charge in [-0.2, -0.15) is 4.31 Å². The number of nitrogens with zero attached hydrogens (tertiary/aromatic N) is 1. The highest BCUT2D eigenvalue weighted by molar-refractivity contribution is 7.89. The van der Waals surface area contributed by atoms with Crippen molar-refractivity contribution >= 4 is 22.4 Å².